The number of fused-ring (bicyclic) bond motifs is 2. The minimum absolute atomic E-state index is 0.0936. The third-order valence-corrected chi connectivity index (χ3v) is 17.0. The van der Waals surface area contributed by atoms with Crippen LogP contribution in [0.1, 0.15) is 90.9 Å². The van der Waals surface area contributed by atoms with Crippen molar-refractivity contribution >= 4 is 17.7 Å². The smallest absolute Gasteiger partial charge is 0.311 e. The van der Waals surface area contributed by atoms with E-state index in [0.29, 0.717) is 5.56 Å². The van der Waals surface area contributed by atoms with Crippen molar-refractivity contribution in [3.05, 3.63) is 121 Å². The molecule has 3 fully saturated rings. The van der Waals surface area contributed by atoms with E-state index in [1.165, 1.54) is 19.1 Å². The summed E-state index contributed by atoms with van der Waals surface area (Å²) in [6.45, 7) is 5.18. The summed E-state index contributed by atoms with van der Waals surface area (Å²) in [5.74, 6) is -8.04. The van der Waals surface area contributed by atoms with Crippen LogP contribution in [-0.4, -0.2) is 283 Å². The Kier molecular flexibility index (Phi) is 36.7. The molecule has 0 saturated carbocycles. The number of aliphatic hydroxyl groups is 17. The van der Waals surface area contributed by atoms with Crippen LogP contribution in [0.5, 0.6) is 0 Å². The summed E-state index contributed by atoms with van der Waals surface area (Å²) in [6, 6.07) is 7.32. The molecule has 4 aliphatic heterocycles. The number of carboxylic acid groups (broad SMARTS) is 1. The van der Waals surface area contributed by atoms with Gasteiger partial charge < -0.3 is 131 Å². The first-order chi connectivity index (χ1) is 45.4. The Morgan fingerprint density at radius 2 is 1.25 bits per heavy atom. The number of ether oxygens (including phenoxy) is 6. The highest BCUT2D eigenvalue weighted by atomic mass is 16.7. The fourth-order valence-corrected chi connectivity index (χ4v) is 11.2. The maximum Gasteiger partial charge on any atom is 0.311 e. The van der Waals surface area contributed by atoms with Crippen molar-refractivity contribution in [1.82, 2.24) is 10.6 Å². The SMILES string of the molecule is CNC[C@H](O)[C@@H](O)[C@H](O)[C@H](O)CO.C[C@@H]1[C@H](O)[C@@H](C)/C=C/C=C/C=C/C=C/C=C/C=C/C=C/[C@H](O[C@@H]2O[C@H](C)[C@@H](O)[C@H](NCC(=O)[C@@H](O)[C@@H]3OC(c4ccccc4)OC[C@H]3O)[C@@H]2O)C[C@@H]2O[C@](O)(C[C@@H](O)C[C@@H](O)[C@H](O)CC[C@@H](O)C[C@@H](O)CC(=O)O[C@H]1C)C[C@H](O)[C@H]2C(=O)O. The van der Waals surface area contributed by atoms with Gasteiger partial charge in [0, 0.05) is 49.6 Å². The predicted octanol–water partition coefficient (Wildman–Crippen LogP) is -2.61. The molecule has 20 N–H and O–H groups in total. The first-order valence-electron chi connectivity index (χ1n) is 32.3. The number of hydrogen-bond acceptors (Lipinski definition) is 28. The molecule has 5 rings (SSSR count). The van der Waals surface area contributed by atoms with Crippen molar-refractivity contribution in [3.63, 3.8) is 0 Å². The number of esters is 1. The third kappa shape index (κ3) is 27.3. The van der Waals surface area contributed by atoms with Crippen molar-refractivity contribution in [2.24, 2.45) is 17.8 Å². The fraction of sp³-hybridized carbons (Fsp3) is 0.657. The molecule has 1 aromatic rings. The van der Waals surface area contributed by atoms with Gasteiger partial charge in [-0.15, -0.1) is 0 Å². The Bertz CT molecular complexity index is 2650. The number of rotatable bonds is 15. The number of hydrogen-bond donors (Lipinski definition) is 20. The average molecular weight is 1370 g/mol. The highest BCUT2D eigenvalue weighted by Gasteiger charge is 2.52. The summed E-state index contributed by atoms with van der Waals surface area (Å²) >= 11 is 0. The first kappa shape index (κ1) is 83.5. The number of aliphatic carboxylic acids is 1. The average Bonchev–Trinajstić information content (AvgIpc) is 0.795. The van der Waals surface area contributed by atoms with E-state index in [1.54, 1.807) is 124 Å². The number of benzene rings is 1. The van der Waals surface area contributed by atoms with Gasteiger partial charge in [0.25, 0.3) is 0 Å². The second-order valence-electron chi connectivity index (χ2n) is 24.9. The fourth-order valence-electron chi connectivity index (χ4n) is 11.2. The zero-order valence-corrected chi connectivity index (χ0v) is 54.7. The van der Waals surface area contributed by atoms with Crippen LogP contribution < -0.4 is 10.6 Å². The van der Waals surface area contributed by atoms with Gasteiger partial charge in [0.2, 0.25) is 0 Å². The lowest BCUT2D eigenvalue weighted by atomic mass is 9.82. The Morgan fingerprint density at radius 3 is 1.84 bits per heavy atom. The van der Waals surface area contributed by atoms with Crippen LogP contribution in [0.15, 0.2) is 115 Å². The summed E-state index contributed by atoms with van der Waals surface area (Å²) in [6.07, 6.45) is -10.4. The zero-order valence-electron chi connectivity index (χ0n) is 54.7. The number of nitrogens with one attached hydrogen (secondary N) is 2. The molecule has 96 heavy (non-hydrogen) atoms. The van der Waals surface area contributed by atoms with Gasteiger partial charge in [-0.1, -0.05) is 129 Å². The molecule has 29 heteroatoms. The number of carbonyl (C=O) groups is 3. The van der Waals surface area contributed by atoms with Crippen molar-refractivity contribution < 1.29 is 135 Å². The highest BCUT2D eigenvalue weighted by molar-refractivity contribution is 5.85. The highest BCUT2D eigenvalue weighted by Crippen LogP contribution is 2.39. The molecule has 29 nitrogen and oxygen atoms in total. The summed E-state index contributed by atoms with van der Waals surface area (Å²) in [5, 5.41) is 193. The van der Waals surface area contributed by atoms with E-state index in [4.69, 9.17) is 48.8 Å². The first-order valence-corrected chi connectivity index (χ1v) is 32.3. The van der Waals surface area contributed by atoms with E-state index in [9.17, 15) is 85.9 Å². The molecule has 0 radical (unpaired) electrons. The number of likely N-dealkylation sites (N-methyl/N-ethyl adjacent to an activating group) is 1. The lowest BCUT2D eigenvalue weighted by molar-refractivity contribution is -0.309. The third-order valence-electron chi connectivity index (χ3n) is 17.0. The van der Waals surface area contributed by atoms with Gasteiger partial charge in [0.15, 0.2) is 24.2 Å². The predicted molar refractivity (Wildman–Crippen MR) is 343 cm³/mol. The second-order valence-corrected chi connectivity index (χ2v) is 24.9. The molecule has 1 aromatic carbocycles. The number of carbonyl (C=O) groups excluding carboxylic acids is 2. The van der Waals surface area contributed by atoms with Crippen LogP contribution in [0, 0.1) is 17.8 Å². The Labute approximate surface area is 558 Å². The summed E-state index contributed by atoms with van der Waals surface area (Å²) < 4.78 is 35.0. The van der Waals surface area contributed by atoms with Crippen LogP contribution >= 0.6 is 0 Å². The van der Waals surface area contributed by atoms with Gasteiger partial charge in [-0.05, 0) is 40.2 Å². The summed E-state index contributed by atoms with van der Waals surface area (Å²) in [5.41, 5.74) is 0.582. The van der Waals surface area contributed by atoms with Gasteiger partial charge in [-0.3, -0.25) is 14.4 Å². The van der Waals surface area contributed by atoms with Gasteiger partial charge >= 0.3 is 11.9 Å². The standard InChI is InChI=1S/C60H87NO22.C7H17NO5/c1-34-20-16-13-11-9-7-5-6-8-10-12-14-19-23-42(81-59-55(74)51(53(72)37(4)80-59)61-32-46(68)54(73)56-47(69)33-78-58(82-56)38-21-17-15-18-22-38)29-48-50(57(75)76)45(67)31-60(77,83-48)30-41(64)27-44(66)43(65)25-24-39(62)26-40(63)28-49(70)79-36(3)35(2)52(34)71;1-8-2-4(10)6(12)7(13)5(11)3-9/h5-23,34-37,39-45,47-48,50-56,58-59,61-67,69,71-74,77H,24-33H2,1-4H3,(H,75,76);4-13H,2-3H2,1H3/b6-5+,9-7+,10-8+,13-11+,14-12+,20-16+,23-19+;/t34-,35-,36-,37+,39+,40+,41-,42-,43+,44+,45-,47+,48-,50+,51-,52+,53+,54+,55-,56+,58?,59-,60+;4-,5+,6+,7+/m00/s1. The van der Waals surface area contributed by atoms with E-state index < -0.39 is 221 Å². The zero-order chi connectivity index (χ0) is 71.4. The van der Waals surface area contributed by atoms with E-state index in [-0.39, 0.29) is 38.3 Å². The van der Waals surface area contributed by atoms with E-state index >= 15 is 0 Å². The lowest BCUT2D eigenvalue weighted by Gasteiger charge is -2.45. The maximum absolute atomic E-state index is 13.4. The molecule has 3 saturated heterocycles. The van der Waals surface area contributed by atoms with E-state index in [2.05, 4.69) is 10.6 Å². The van der Waals surface area contributed by atoms with Crippen molar-refractivity contribution in [1.29, 1.82) is 0 Å². The molecule has 1 unspecified atom stereocenters. The minimum Gasteiger partial charge on any atom is -0.481 e. The van der Waals surface area contributed by atoms with Gasteiger partial charge in [-0.2, -0.15) is 0 Å². The molecule has 27 atom stereocenters. The number of cyclic esters (lactones) is 1. The normalized spacial score (nSPS) is 39.4. The van der Waals surface area contributed by atoms with Crippen LogP contribution in [0.4, 0.5) is 0 Å². The van der Waals surface area contributed by atoms with E-state index in [0.717, 1.165) is 0 Å². The van der Waals surface area contributed by atoms with Gasteiger partial charge in [-0.25, -0.2) is 0 Å². The van der Waals surface area contributed by atoms with Crippen molar-refractivity contribution in [2.75, 3.05) is 33.4 Å². The maximum atomic E-state index is 13.4. The Balaban J connectivity index is 0.00000135. The van der Waals surface area contributed by atoms with Crippen LogP contribution in [-0.2, 0) is 42.8 Å². The summed E-state index contributed by atoms with van der Waals surface area (Å²) in [4.78, 5) is 38.9. The minimum atomic E-state index is -2.42. The van der Waals surface area contributed by atoms with Crippen LogP contribution in [0.2, 0.25) is 0 Å². The molecule has 0 amide bonds. The molecule has 4 heterocycles. The number of Topliss-reactive ketones (excluding diaryl/α,β-unsaturated/α-hetero) is 1. The molecule has 2 bridgehead atoms. The van der Waals surface area contributed by atoms with E-state index in [1.807, 2.05) is 6.92 Å². The molecule has 0 aromatic heterocycles. The Morgan fingerprint density at radius 1 is 0.656 bits per heavy atom. The Hall–Kier alpha value is -4.95. The number of ketones is 1. The van der Waals surface area contributed by atoms with Crippen molar-refractivity contribution in [2.45, 2.75) is 226 Å². The van der Waals surface area contributed by atoms with Gasteiger partial charge in [0.1, 0.15) is 54.7 Å². The molecule has 4 aliphatic rings. The number of allylic oxidation sites excluding steroid dienone is 12. The topological polar surface area (TPSA) is 495 Å². The molecule has 0 aliphatic carbocycles. The monoisotopic (exact) mass is 1370 g/mol. The molecular weight excluding hydrogens is 1260 g/mol. The van der Waals surface area contributed by atoms with Crippen molar-refractivity contribution in [3.8, 4) is 0 Å². The van der Waals surface area contributed by atoms with Crippen LogP contribution in [0.25, 0.3) is 0 Å². The van der Waals surface area contributed by atoms with Crippen LogP contribution in [0.3, 0.4) is 0 Å². The molecular formula is C67H104N2O27. The number of carboxylic acids is 1. The number of aliphatic hydroxyl groups excluding tert-OH is 16. The largest absolute Gasteiger partial charge is 0.481 e. The molecule has 544 valence electrons. The lowest BCUT2D eigenvalue weighted by Crippen LogP contribution is -2.64. The molecule has 0 spiro atoms. The summed E-state index contributed by atoms with van der Waals surface area (Å²) in [7, 11) is 1.57. The second kappa shape index (κ2) is 42.2. The quantitative estimate of drug-likeness (QED) is 0.0800. The van der Waals surface area contributed by atoms with Gasteiger partial charge in [0.05, 0.1) is 105 Å².